The van der Waals surface area contributed by atoms with E-state index in [1.54, 1.807) is 0 Å². The van der Waals surface area contributed by atoms with Crippen LogP contribution >= 0.6 is 0 Å². The second kappa shape index (κ2) is 7.30. The number of likely N-dealkylation sites (N-methyl/N-ethyl adjacent to an activating group) is 1. The highest BCUT2D eigenvalue weighted by atomic mass is 16.5. The summed E-state index contributed by atoms with van der Waals surface area (Å²) < 4.78 is 8.16. The molecule has 3 nitrogen and oxygen atoms in total. The maximum absolute atomic E-state index is 5.56. The average Bonchev–Trinajstić information content (AvgIpc) is 2.95. The predicted octanol–water partition coefficient (Wildman–Crippen LogP) is 3.88. The Kier molecular flexibility index (Phi) is 5.16. The van der Waals surface area contributed by atoms with E-state index in [-0.39, 0.29) is 0 Å². The third kappa shape index (κ3) is 3.21. The zero-order valence-electron chi connectivity index (χ0n) is 13.9. The molecule has 2 aromatic rings. The monoisotopic (exact) mass is 300 g/mol. The predicted molar refractivity (Wildman–Crippen MR) is 92.5 cm³/mol. The number of hydrogen-bond donors (Lipinski definition) is 0. The molecule has 1 saturated heterocycles. The minimum absolute atomic E-state index is 0.598. The van der Waals surface area contributed by atoms with Crippen LogP contribution in [-0.2, 0) is 11.2 Å². The van der Waals surface area contributed by atoms with Gasteiger partial charge in [-0.3, -0.25) is 0 Å². The topological polar surface area (TPSA) is 17.4 Å². The lowest BCUT2D eigenvalue weighted by atomic mass is 10.1. The van der Waals surface area contributed by atoms with Gasteiger partial charge < -0.3 is 14.2 Å². The third-order valence-corrected chi connectivity index (χ3v) is 4.96. The molecule has 0 atom stereocenters. The quantitative estimate of drug-likeness (QED) is 0.805. The molecule has 1 aliphatic heterocycles. The molecule has 0 N–H and O–H groups in total. The van der Waals surface area contributed by atoms with Crippen LogP contribution < -0.4 is 0 Å². The Morgan fingerprint density at radius 1 is 1.14 bits per heavy atom. The van der Waals surface area contributed by atoms with Gasteiger partial charge >= 0.3 is 0 Å². The van der Waals surface area contributed by atoms with E-state index in [1.165, 1.54) is 16.6 Å². The van der Waals surface area contributed by atoms with Crippen molar-refractivity contribution in [2.45, 2.75) is 39.2 Å². The smallest absolute Gasteiger partial charge is 0.0485 e. The molecule has 120 valence electrons. The van der Waals surface area contributed by atoms with Crippen LogP contribution in [0, 0.1) is 0 Å². The standard InChI is InChI=1S/C19H28N2O/c1-3-20(4-2)12-9-18-15-16-7-5-6-8-19(16)21(18)17-10-13-22-14-11-17/h5-8,15,17H,3-4,9-14H2,1-2H3. The lowest BCUT2D eigenvalue weighted by molar-refractivity contribution is 0.0700. The molecule has 1 aromatic carbocycles. The molecule has 0 unspecified atom stereocenters. The number of rotatable bonds is 6. The first kappa shape index (κ1) is 15.6. The Balaban J connectivity index is 1.90. The summed E-state index contributed by atoms with van der Waals surface area (Å²) in [6.45, 7) is 9.70. The van der Waals surface area contributed by atoms with Crippen molar-refractivity contribution < 1.29 is 4.74 Å². The number of para-hydroxylation sites is 1. The molecule has 1 aromatic heterocycles. The van der Waals surface area contributed by atoms with E-state index >= 15 is 0 Å². The van der Waals surface area contributed by atoms with Crippen molar-refractivity contribution >= 4 is 10.9 Å². The normalized spacial score (nSPS) is 16.7. The molecule has 0 aliphatic carbocycles. The first-order chi connectivity index (χ1) is 10.8. The number of benzene rings is 1. The van der Waals surface area contributed by atoms with Crippen LogP contribution in [0.4, 0.5) is 0 Å². The van der Waals surface area contributed by atoms with E-state index in [2.05, 4.69) is 53.6 Å². The first-order valence-electron chi connectivity index (χ1n) is 8.72. The largest absolute Gasteiger partial charge is 0.381 e. The van der Waals surface area contributed by atoms with Crippen molar-refractivity contribution in [1.82, 2.24) is 9.47 Å². The van der Waals surface area contributed by atoms with Crippen molar-refractivity contribution in [1.29, 1.82) is 0 Å². The van der Waals surface area contributed by atoms with Crippen LogP contribution in [0.5, 0.6) is 0 Å². The average molecular weight is 300 g/mol. The molecule has 0 radical (unpaired) electrons. The van der Waals surface area contributed by atoms with Gasteiger partial charge in [0.2, 0.25) is 0 Å². The summed E-state index contributed by atoms with van der Waals surface area (Å²) in [4.78, 5) is 2.51. The summed E-state index contributed by atoms with van der Waals surface area (Å²) in [5, 5.41) is 1.38. The van der Waals surface area contributed by atoms with Gasteiger partial charge in [0.05, 0.1) is 0 Å². The zero-order chi connectivity index (χ0) is 15.4. The van der Waals surface area contributed by atoms with E-state index in [0.29, 0.717) is 6.04 Å². The molecular weight excluding hydrogens is 272 g/mol. The van der Waals surface area contributed by atoms with Crippen molar-refractivity contribution in [3.63, 3.8) is 0 Å². The molecule has 0 saturated carbocycles. The van der Waals surface area contributed by atoms with Gasteiger partial charge in [0.15, 0.2) is 0 Å². The molecular formula is C19H28N2O. The molecule has 2 heterocycles. The van der Waals surface area contributed by atoms with E-state index in [4.69, 9.17) is 4.74 Å². The second-order valence-corrected chi connectivity index (χ2v) is 6.18. The molecule has 0 amide bonds. The summed E-state index contributed by atoms with van der Waals surface area (Å²) in [6.07, 6.45) is 3.40. The van der Waals surface area contributed by atoms with Crippen molar-refractivity contribution in [2.24, 2.45) is 0 Å². The molecule has 0 spiro atoms. The summed E-state index contributed by atoms with van der Waals surface area (Å²) in [5.74, 6) is 0. The van der Waals surface area contributed by atoms with Crippen molar-refractivity contribution in [2.75, 3.05) is 32.8 Å². The van der Waals surface area contributed by atoms with E-state index in [9.17, 15) is 0 Å². The Bertz CT molecular complexity index is 595. The summed E-state index contributed by atoms with van der Waals surface area (Å²) in [5.41, 5.74) is 2.88. The van der Waals surface area contributed by atoms with Crippen LogP contribution in [0.2, 0.25) is 0 Å². The summed E-state index contributed by atoms with van der Waals surface area (Å²) in [6, 6.07) is 11.8. The fraction of sp³-hybridized carbons (Fsp3) is 0.579. The number of fused-ring (bicyclic) bond motifs is 1. The number of ether oxygens (including phenoxy) is 1. The maximum Gasteiger partial charge on any atom is 0.0485 e. The SMILES string of the molecule is CCN(CC)CCc1cc2ccccc2n1C1CCOCC1. The van der Waals surface area contributed by atoms with E-state index < -0.39 is 0 Å². The molecule has 0 bridgehead atoms. The number of nitrogens with zero attached hydrogens (tertiary/aromatic N) is 2. The van der Waals surface area contributed by atoms with Crippen LogP contribution in [-0.4, -0.2) is 42.3 Å². The van der Waals surface area contributed by atoms with E-state index in [0.717, 1.165) is 52.1 Å². The number of hydrogen-bond acceptors (Lipinski definition) is 2. The van der Waals surface area contributed by atoms with Crippen LogP contribution in [0.3, 0.4) is 0 Å². The van der Waals surface area contributed by atoms with Gasteiger partial charge in [0.25, 0.3) is 0 Å². The highest BCUT2D eigenvalue weighted by Gasteiger charge is 2.20. The Hall–Kier alpha value is -1.32. The van der Waals surface area contributed by atoms with E-state index in [1.807, 2.05) is 0 Å². The van der Waals surface area contributed by atoms with Gasteiger partial charge in [-0.25, -0.2) is 0 Å². The second-order valence-electron chi connectivity index (χ2n) is 6.18. The van der Waals surface area contributed by atoms with Gasteiger partial charge in [-0.15, -0.1) is 0 Å². The van der Waals surface area contributed by atoms with Gasteiger partial charge in [0, 0.05) is 43.4 Å². The summed E-state index contributed by atoms with van der Waals surface area (Å²) >= 11 is 0. The summed E-state index contributed by atoms with van der Waals surface area (Å²) in [7, 11) is 0. The van der Waals surface area contributed by atoms with Crippen molar-refractivity contribution in [3.8, 4) is 0 Å². The van der Waals surface area contributed by atoms with Crippen molar-refractivity contribution in [3.05, 3.63) is 36.0 Å². The number of aromatic nitrogens is 1. The molecule has 1 aliphatic rings. The zero-order valence-corrected chi connectivity index (χ0v) is 13.9. The minimum atomic E-state index is 0.598. The maximum atomic E-state index is 5.56. The van der Waals surface area contributed by atoms with Gasteiger partial charge in [-0.05, 0) is 43.5 Å². The van der Waals surface area contributed by atoms with Crippen LogP contribution in [0.15, 0.2) is 30.3 Å². The highest BCUT2D eigenvalue weighted by molar-refractivity contribution is 5.81. The fourth-order valence-electron chi connectivity index (χ4n) is 3.61. The van der Waals surface area contributed by atoms with Gasteiger partial charge in [-0.2, -0.15) is 0 Å². The minimum Gasteiger partial charge on any atom is -0.381 e. The molecule has 22 heavy (non-hydrogen) atoms. The molecule has 3 rings (SSSR count). The Morgan fingerprint density at radius 2 is 1.86 bits per heavy atom. The molecule has 3 heteroatoms. The molecule has 1 fully saturated rings. The third-order valence-electron chi connectivity index (χ3n) is 4.96. The lowest BCUT2D eigenvalue weighted by Gasteiger charge is -2.27. The van der Waals surface area contributed by atoms with Gasteiger partial charge in [-0.1, -0.05) is 32.0 Å². The van der Waals surface area contributed by atoms with Crippen LogP contribution in [0.1, 0.15) is 38.4 Å². The fourth-order valence-corrected chi connectivity index (χ4v) is 3.61. The Morgan fingerprint density at radius 3 is 2.59 bits per heavy atom. The Labute approximate surface area is 133 Å². The van der Waals surface area contributed by atoms with Gasteiger partial charge in [0.1, 0.15) is 0 Å². The highest BCUT2D eigenvalue weighted by Crippen LogP contribution is 2.30. The van der Waals surface area contributed by atoms with Crippen LogP contribution in [0.25, 0.3) is 10.9 Å². The lowest BCUT2D eigenvalue weighted by Crippen LogP contribution is -2.27. The first-order valence-corrected chi connectivity index (χ1v) is 8.72.